The van der Waals surface area contributed by atoms with Gasteiger partial charge in [0.15, 0.2) is 0 Å². The van der Waals surface area contributed by atoms with Gasteiger partial charge < -0.3 is 4.57 Å². The molecule has 0 aliphatic carbocycles. The summed E-state index contributed by atoms with van der Waals surface area (Å²) >= 11 is 0. The van der Waals surface area contributed by atoms with Crippen molar-refractivity contribution >= 4 is 54.4 Å². The van der Waals surface area contributed by atoms with Gasteiger partial charge in [-0.3, -0.25) is 0 Å². The van der Waals surface area contributed by atoms with Crippen molar-refractivity contribution in [2.75, 3.05) is 0 Å². The highest BCUT2D eigenvalue weighted by atomic mass is 15.0. The van der Waals surface area contributed by atoms with E-state index in [9.17, 15) is 0 Å². The highest BCUT2D eigenvalue weighted by molar-refractivity contribution is 6.30. The SMILES string of the molecule is c1ccc(-c2ccc(-c3nc4cc(-n5c6ccc7ccccc7c6c6c7ccccc7c(-c7ccccc7)cc65)ccc4nc3-c3ccccc3)cc2)cc1. The van der Waals surface area contributed by atoms with Crippen molar-refractivity contribution in [1.82, 2.24) is 14.5 Å². The van der Waals surface area contributed by atoms with Crippen molar-refractivity contribution in [3.05, 3.63) is 200 Å². The summed E-state index contributed by atoms with van der Waals surface area (Å²) in [6.07, 6.45) is 0. The molecular formula is C52H33N3. The molecule has 0 aliphatic rings. The fraction of sp³-hybridized carbons (Fsp3) is 0. The lowest BCUT2D eigenvalue weighted by Gasteiger charge is -2.14. The van der Waals surface area contributed by atoms with E-state index in [0.717, 1.165) is 50.3 Å². The van der Waals surface area contributed by atoms with Crippen LogP contribution in [0, 0.1) is 0 Å². The number of hydrogen-bond acceptors (Lipinski definition) is 2. The minimum atomic E-state index is 0.846. The molecule has 256 valence electrons. The molecule has 0 N–H and O–H groups in total. The minimum absolute atomic E-state index is 0.846. The fourth-order valence-electron chi connectivity index (χ4n) is 8.40. The summed E-state index contributed by atoms with van der Waals surface area (Å²) in [6.45, 7) is 0. The lowest BCUT2D eigenvalue weighted by Crippen LogP contribution is -1.99. The average molecular weight is 700 g/mol. The van der Waals surface area contributed by atoms with Gasteiger partial charge in [-0.15, -0.1) is 0 Å². The van der Waals surface area contributed by atoms with E-state index in [2.05, 4.69) is 199 Å². The molecule has 11 aromatic rings. The minimum Gasteiger partial charge on any atom is -0.309 e. The zero-order valence-electron chi connectivity index (χ0n) is 29.9. The van der Waals surface area contributed by atoms with Gasteiger partial charge >= 0.3 is 0 Å². The number of aromatic nitrogens is 3. The lowest BCUT2D eigenvalue weighted by molar-refractivity contribution is 1.18. The number of fused-ring (bicyclic) bond motifs is 8. The van der Waals surface area contributed by atoms with Gasteiger partial charge in [0.2, 0.25) is 0 Å². The summed E-state index contributed by atoms with van der Waals surface area (Å²) < 4.78 is 2.43. The van der Waals surface area contributed by atoms with Crippen LogP contribution in [-0.4, -0.2) is 14.5 Å². The van der Waals surface area contributed by atoms with Crippen LogP contribution in [0.25, 0.3) is 105 Å². The van der Waals surface area contributed by atoms with Gasteiger partial charge in [0.05, 0.1) is 33.5 Å². The second-order valence-electron chi connectivity index (χ2n) is 14.1. The third kappa shape index (κ3) is 5.13. The monoisotopic (exact) mass is 699 g/mol. The molecule has 0 bridgehead atoms. The van der Waals surface area contributed by atoms with Crippen LogP contribution in [0.5, 0.6) is 0 Å². The summed E-state index contributed by atoms with van der Waals surface area (Å²) in [6, 6.07) is 71.4. The predicted molar refractivity (Wildman–Crippen MR) is 231 cm³/mol. The third-order valence-electron chi connectivity index (χ3n) is 11.0. The standard InChI is InChI=1S/C52H33N3/c1-4-14-34(15-5-1)35-24-26-39(27-25-35)52-51(38-19-8-3-9-20-38)53-45-30-29-40(32-46(45)54-52)55-47-31-28-37-18-10-11-21-41(37)49(47)50-43-23-13-12-22-42(43)44(33-48(50)55)36-16-6-2-7-17-36/h1-33H. The Bertz CT molecular complexity index is 3220. The topological polar surface area (TPSA) is 30.7 Å². The normalized spacial score (nSPS) is 11.6. The Morgan fingerprint density at radius 2 is 0.855 bits per heavy atom. The van der Waals surface area contributed by atoms with Crippen LogP contribution in [0.3, 0.4) is 0 Å². The smallest absolute Gasteiger partial charge is 0.0973 e. The van der Waals surface area contributed by atoms with Crippen molar-refractivity contribution in [3.8, 4) is 50.5 Å². The van der Waals surface area contributed by atoms with Crippen LogP contribution in [0.2, 0.25) is 0 Å². The Morgan fingerprint density at radius 1 is 0.327 bits per heavy atom. The van der Waals surface area contributed by atoms with Gasteiger partial charge in [0.25, 0.3) is 0 Å². The van der Waals surface area contributed by atoms with E-state index in [-0.39, 0.29) is 0 Å². The van der Waals surface area contributed by atoms with Crippen LogP contribution in [0.15, 0.2) is 200 Å². The zero-order chi connectivity index (χ0) is 36.3. The first-order valence-electron chi connectivity index (χ1n) is 18.7. The summed E-state index contributed by atoms with van der Waals surface area (Å²) in [4.78, 5) is 10.8. The summed E-state index contributed by atoms with van der Waals surface area (Å²) in [5, 5.41) is 7.48. The van der Waals surface area contributed by atoms with Crippen LogP contribution < -0.4 is 0 Å². The summed E-state index contributed by atoms with van der Waals surface area (Å²) in [7, 11) is 0. The number of rotatable bonds is 5. The number of nitrogens with zero attached hydrogens (tertiary/aromatic N) is 3. The van der Waals surface area contributed by atoms with Crippen molar-refractivity contribution in [1.29, 1.82) is 0 Å². The predicted octanol–water partition coefficient (Wildman–Crippen LogP) is 13.7. The van der Waals surface area contributed by atoms with Gasteiger partial charge in [-0.2, -0.15) is 0 Å². The van der Waals surface area contributed by atoms with E-state index < -0.39 is 0 Å². The second-order valence-corrected chi connectivity index (χ2v) is 14.1. The molecular weight excluding hydrogens is 667 g/mol. The third-order valence-corrected chi connectivity index (χ3v) is 11.0. The Labute approximate surface area is 318 Å². The van der Waals surface area contributed by atoms with Crippen molar-refractivity contribution < 1.29 is 0 Å². The highest BCUT2D eigenvalue weighted by Crippen LogP contribution is 2.44. The van der Waals surface area contributed by atoms with Gasteiger partial charge in [-0.1, -0.05) is 170 Å². The molecule has 11 rings (SSSR count). The maximum Gasteiger partial charge on any atom is 0.0973 e. The molecule has 0 saturated carbocycles. The Morgan fingerprint density at radius 3 is 1.58 bits per heavy atom. The van der Waals surface area contributed by atoms with E-state index in [1.165, 1.54) is 54.6 Å². The molecule has 0 fully saturated rings. The molecule has 0 atom stereocenters. The molecule has 0 unspecified atom stereocenters. The molecule has 2 heterocycles. The van der Waals surface area contributed by atoms with Crippen LogP contribution in [0.1, 0.15) is 0 Å². The Kier molecular flexibility index (Phi) is 7.17. The first-order chi connectivity index (χ1) is 27.3. The molecule has 2 aromatic heterocycles. The fourth-order valence-corrected chi connectivity index (χ4v) is 8.40. The van der Waals surface area contributed by atoms with Crippen LogP contribution in [0.4, 0.5) is 0 Å². The van der Waals surface area contributed by atoms with E-state index in [4.69, 9.17) is 9.97 Å². The van der Waals surface area contributed by atoms with Gasteiger partial charge in [-0.05, 0) is 74.1 Å². The molecule has 0 radical (unpaired) electrons. The summed E-state index contributed by atoms with van der Waals surface area (Å²) in [5.41, 5.74) is 13.6. The van der Waals surface area contributed by atoms with E-state index in [1.807, 2.05) is 6.07 Å². The zero-order valence-corrected chi connectivity index (χ0v) is 29.9. The first kappa shape index (κ1) is 31.2. The van der Waals surface area contributed by atoms with E-state index in [0.29, 0.717) is 0 Å². The average Bonchev–Trinajstić information content (AvgIpc) is 3.61. The van der Waals surface area contributed by atoms with Gasteiger partial charge in [0, 0.05) is 27.6 Å². The molecule has 0 spiro atoms. The number of hydrogen-bond donors (Lipinski definition) is 0. The second kappa shape index (κ2) is 12.6. The van der Waals surface area contributed by atoms with E-state index in [1.54, 1.807) is 0 Å². The molecule has 3 nitrogen and oxygen atoms in total. The van der Waals surface area contributed by atoms with Crippen molar-refractivity contribution in [3.63, 3.8) is 0 Å². The van der Waals surface area contributed by atoms with Crippen LogP contribution >= 0.6 is 0 Å². The molecule has 3 heteroatoms. The molecule has 55 heavy (non-hydrogen) atoms. The largest absolute Gasteiger partial charge is 0.309 e. The maximum atomic E-state index is 5.44. The highest BCUT2D eigenvalue weighted by Gasteiger charge is 2.21. The Balaban J connectivity index is 1.19. The number of benzene rings is 9. The molecule has 0 amide bonds. The summed E-state index contributed by atoms with van der Waals surface area (Å²) in [5.74, 6) is 0. The Hall–Kier alpha value is -7.36. The van der Waals surface area contributed by atoms with Crippen LogP contribution in [-0.2, 0) is 0 Å². The lowest BCUT2D eigenvalue weighted by atomic mass is 9.94. The van der Waals surface area contributed by atoms with Gasteiger partial charge in [0.1, 0.15) is 0 Å². The quantitative estimate of drug-likeness (QED) is 0.179. The molecule has 9 aromatic carbocycles. The first-order valence-corrected chi connectivity index (χ1v) is 18.7. The van der Waals surface area contributed by atoms with Crippen molar-refractivity contribution in [2.24, 2.45) is 0 Å². The maximum absolute atomic E-state index is 5.44. The molecule has 0 aliphatic heterocycles. The van der Waals surface area contributed by atoms with Crippen molar-refractivity contribution in [2.45, 2.75) is 0 Å². The molecule has 0 saturated heterocycles. The van der Waals surface area contributed by atoms with E-state index >= 15 is 0 Å². The van der Waals surface area contributed by atoms with Gasteiger partial charge in [-0.25, -0.2) is 9.97 Å².